The summed E-state index contributed by atoms with van der Waals surface area (Å²) in [5, 5.41) is 2.32. The lowest BCUT2D eigenvalue weighted by atomic mass is 10.0. The molecule has 0 bridgehead atoms. The number of thiophene rings is 1. The molecule has 2 aromatic heterocycles. The predicted molar refractivity (Wildman–Crippen MR) is 223 cm³/mol. The molecule has 3 nitrogen and oxygen atoms in total. The summed E-state index contributed by atoms with van der Waals surface area (Å²) in [4.78, 5) is 7.15. The molecule has 250 valence electrons. The summed E-state index contributed by atoms with van der Waals surface area (Å²) in [5.41, 5.74) is 13.2. The van der Waals surface area contributed by atoms with Crippen molar-refractivity contribution in [2.24, 2.45) is 0 Å². The molecule has 0 atom stereocenters. The van der Waals surface area contributed by atoms with Crippen LogP contribution in [-0.4, -0.2) is 4.98 Å². The Balaban J connectivity index is 1.00. The molecule has 4 heteroatoms. The van der Waals surface area contributed by atoms with E-state index in [2.05, 4.69) is 169 Å². The van der Waals surface area contributed by atoms with Crippen molar-refractivity contribution in [1.82, 2.24) is 4.98 Å². The molecule has 10 rings (SSSR count). The van der Waals surface area contributed by atoms with Crippen LogP contribution in [0.4, 0.5) is 17.1 Å². The number of fused-ring (bicyclic) bond motifs is 5. The molecular weight excluding hydrogens is 665 g/mol. The standard InChI is InChI=1S/C49H32N2OS/c1-4-10-33(11-5-1)35-16-23-40(24-17-35)51(41-25-18-36(19-26-41)34-12-6-2-7-13-34)42-27-20-37(21-28-42)39-22-29-43-46(32-39)53-45-31-30-44-48(47(43)45)52-49(50-44)38-14-8-3-9-15-38/h1-32H. The van der Waals surface area contributed by atoms with E-state index in [0.29, 0.717) is 5.89 Å². The molecule has 0 unspecified atom stereocenters. The quantitative estimate of drug-likeness (QED) is 0.166. The maximum absolute atomic E-state index is 6.41. The molecule has 0 fully saturated rings. The smallest absolute Gasteiger partial charge is 0.227 e. The van der Waals surface area contributed by atoms with Crippen molar-refractivity contribution >= 4 is 59.7 Å². The fourth-order valence-corrected chi connectivity index (χ4v) is 8.39. The van der Waals surface area contributed by atoms with Gasteiger partial charge >= 0.3 is 0 Å². The van der Waals surface area contributed by atoms with Gasteiger partial charge in [-0.3, -0.25) is 0 Å². The van der Waals surface area contributed by atoms with Crippen molar-refractivity contribution in [2.75, 3.05) is 4.90 Å². The molecule has 0 radical (unpaired) electrons. The summed E-state index contributed by atoms with van der Waals surface area (Å²) < 4.78 is 8.83. The molecular formula is C49H32N2OS. The lowest BCUT2D eigenvalue weighted by Gasteiger charge is -2.26. The van der Waals surface area contributed by atoms with E-state index in [4.69, 9.17) is 9.40 Å². The van der Waals surface area contributed by atoms with Crippen LogP contribution in [0, 0.1) is 0 Å². The molecule has 8 aromatic carbocycles. The number of benzene rings is 8. The Labute approximate surface area is 311 Å². The zero-order valence-electron chi connectivity index (χ0n) is 28.7. The number of oxazole rings is 1. The number of anilines is 3. The second-order valence-electron chi connectivity index (χ2n) is 13.2. The molecule has 53 heavy (non-hydrogen) atoms. The molecule has 0 saturated carbocycles. The van der Waals surface area contributed by atoms with Crippen LogP contribution in [0.2, 0.25) is 0 Å². The number of aromatic nitrogens is 1. The van der Waals surface area contributed by atoms with E-state index in [1.54, 1.807) is 11.3 Å². The molecule has 0 N–H and O–H groups in total. The number of nitrogens with zero attached hydrogens (tertiary/aromatic N) is 2. The Morgan fingerprint density at radius 3 is 1.38 bits per heavy atom. The van der Waals surface area contributed by atoms with Crippen molar-refractivity contribution in [3.05, 3.63) is 194 Å². The van der Waals surface area contributed by atoms with Crippen LogP contribution in [0.25, 0.3) is 76.1 Å². The van der Waals surface area contributed by atoms with Gasteiger partial charge < -0.3 is 9.32 Å². The van der Waals surface area contributed by atoms with Crippen LogP contribution in [0.1, 0.15) is 0 Å². The minimum atomic E-state index is 0.650. The van der Waals surface area contributed by atoms with E-state index in [-0.39, 0.29) is 0 Å². The Kier molecular flexibility index (Phi) is 7.67. The van der Waals surface area contributed by atoms with Gasteiger partial charge in [0.1, 0.15) is 5.52 Å². The predicted octanol–water partition coefficient (Wildman–Crippen LogP) is 14.3. The average Bonchev–Trinajstić information content (AvgIpc) is 3.84. The minimum absolute atomic E-state index is 0.650. The van der Waals surface area contributed by atoms with E-state index in [1.807, 2.05) is 30.3 Å². The van der Waals surface area contributed by atoms with Crippen LogP contribution in [-0.2, 0) is 0 Å². The second kappa shape index (κ2) is 13.1. The van der Waals surface area contributed by atoms with Crippen molar-refractivity contribution in [3.63, 3.8) is 0 Å². The van der Waals surface area contributed by atoms with Gasteiger partial charge in [-0.25, -0.2) is 4.98 Å². The maximum Gasteiger partial charge on any atom is 0.227 e. The van der Waals surface area contributed by atoms with E-state index in [0.717, 1.165) is 39.1 Å². The molecule has 0 amide bonds. The second-order valence-corrected chi connectivity index (χ2v) is 14.3. The molecule has 0 aliphatic rings. The van der Waals surface area contributed by atoms with Crippen LogP contribution in [0.3, 0.4) is 0 Å². The summed E-state index contributed by atoms with van der Waals surface area (Å²) >= 11 is 1.80. The van der Waals surface area contributed by atoms with Crippen LogP contribution >= 0.6 is 11.3 Å². The Bertz CT molecular complexity index is 2760. The minimum Gasteiger partial charge on any atom is -0.435 e. The summed E-state index contributed by atoms with van der Waals surface area (Å²) in [6.45, 7) is 0. The average molecular weight is 697 g/mol. The van der Waals surface area contributed by atoms with Gasteiger partial charge in [0, 0.05) is 42.8 Å². The Morgan fingerprint density at radius 2 is 0.849 bits per heavy atom. The van der Waals surface area contributed by atoms with Gasteiger partial charge in [0.05, 0.1) is 0 Å². The highest BCUT2D eigenvalue weighted by Crippen LogP contribution is 2.42. The summed E-state index contributed by atoms with van der Waals surface area (Å²) in [6.07, 6.45) is 0. The highest BCUT2D eigenvalue weighted by Gasteiger charge is 2.17. The molecule has 0 saturated heterocycles. The van der Waals surface area contributed by atoms with Crippen LogP contribution < -0.4 is 4.90 Å². The SMILES string of the molecule is c1ccc(-c2ccc(N(c3ccc(-c4ccccc4)cc3)c3ccc(-c4ccc5c(c4)sc4ccc6nc(-c7ccccc7)oc6c45)cc3)cc2)cc1. The highest BCUT2D eigenvalue weighted by atomic mass is 32.1. The van der Waals surface area contributed by atoms with Gasteiger partial charge in [0.15, 0.2) is 5.58 Å². The summed E-state index contributed by atoms with van der Waals surface area (Å²) in [6, 6.07) is 68.8. The zero-order valence-corrected chi connectivity index (χ0v) is 29.5. The Hall–Kier alpha value is -6.75. The first-order chi connectivity index (χ1) is 26.2. The topological polar surface area (TPSA) is 29.3 Å². The van der Waals surface area contributed by atoms with Crippen molar-refractivity contribution in [1.29, 1.82) is 0 Å². The molecule has 0 spiro atoms. The monoisotopic (exact) mass is 696 g/mol. The van der Waals surface area contributed by atoms with Crippen molar-refractivity contribution in [2.45, 2.75) is 0 Å². The largest absolute Gasteiger partial charge is 0.435 e. The van der Waals surface area contributed by atoms with Gasteiger partial charge in [-0.15, -0.1) is 11.3 Å². The third kappa shape index (κ3) is 5.76. The number of hydrogen-bond acceptors (Lipinski definition) is 4. The van der Waals surface area contributed by atoms with Gasteiger partial charge in [0.25, 0.3) is 0 Å². The number of hydrogen-bond donors (Lipinski definition) is 0. The number of rotatable bonds is 7. The lowest BCUT2D eigenvalue weighted by Crippen LogP contribution is -2.09. The normalized spacial score (nSPS) is 11.4. The molecule has 0 aliphatic heterocycles. The van der Waals surface area contributed by atoms with Gasteiger partial charge in [-0.1, -0.05) is 127 Å². The van der Waals surface area contributed by atoms with E-state index < -0.39 is 0 Å². The van der Waals surface area contributed by atoms with Crippen LogP contribution in [0.5, 0.6) is 0 Å². The van der Waals surface area contributed by atoms with E-state index in [1.165, 1.54) is 48.2 Å². The summed E-state index contributed by atoms with van der Waals surface area (Å²) in [5.74, 6) is 0.650. The highest BCUT2D eigenvalue weighted by molar-refractivity contribution is 7.26. The third-order valence-electron chi connectivity index (χ3n) is 9.94. The fourth-order valence-electron chi connectivity index (χ4n) is 7.25. The van der Waals surface area contributed by atoms with E-state index >= 15 is 0 Å². The van der Waals surface area contributed by atoms with Crippen LogP contribution in [0.15, 0.2) is 199 Å². The van der Waals surface area contributed by atoms with Gasteiger partial charge in [0.2, 0.25) is 5.89 Å². The molecule has 10 aromatic rings. The van der Waals surface area contributed by atoms with Crippen molar-refractivity contribution < 1.29 is 4.42 Å². The van der Waals surface area contributed by atoms with Crippen molar-refractivity contribution in [3.8, 4) is 44.8 Å². The first-order valence-electron chi connectivity index (χ1n) is 17.8. The van der Waals surface area contributed by atoms with Gasteiger partial charge in [-0.2, -0.15) is 0 Å². The molecule has 2 heterocycles. The lowest BCUT2D eigenvalue weighted by molar-refractivity contribution is 0.623. The summed E-state index contributed by atoms with van der Waals surface area (Å²) in [7, 11) is 0. The zero-order chi connectivity index (χ0) is 35.1. The fraction of sp³-hybridized carbons (Fsp3) is 0. The maximum atomic E-state index is 6.41. The third-order valence-corrected chi connectivity index (χ3v) is 11.1. The Morgan fingerprint density at radius 1 is 0.396 bits per heavy atom. The first kappa shape index (κ1) is 31.0. The first-order valence-corrected chi connectivity index (χ1v) is 18.6. The molecule has 0 aliphatic carbocycles. The van der Waals surface area contributed by atoms with Gasteiger partial charge in [-0.05, 0) is 100 Å². The van der Waals surface area contributed by atoms with E-state index in [9.17, 15) is 0 Å².